The van der Waals surface area contributed by atoms with E-state index < -0.39 is 11.8 Å². The first-order valence-electron chi connectivity index (χ1n) is 10.1. The Hall–Kier alpha value is -4.17. The monoisotopic (exact) mass is 428 g/mol. The zero-order valence-electron chi connectivity index (χ0n) is 17.2. The van der Waals surface area contributed by atoms with Crippen molar-refractivity contribution < 1.29 is 19.8 Å². The molecule has 4 aromatic rings. The van der Waals surface area contributed by atoms with Crippen LogP contribution in [0.25, 0.3) is 11.0 Å². The number of benzene rings is 3. The molecule has 32 heavy (non-hydrogen) atoms. The van der Waals surface area contributed by atoms with E-state index in [1.807, 2.05) is 31.2 Å². The van der Waals surface area contributed by atoms with Crippen molar-refractivity contribution in [2.45, 2.75) is 19.2 Å². The van der Waals surface area contributed by atoms with Gasteiger partial charge in [0.1, 0.15) is 0 Å². The Labute approximate surface area is 183 Å². The second-order valence-electron chi connectivity index (χ2n) is 7.78. The SMILES string of the molecule is Cc1ccccc1CN1C(=O)c2ccccc2C1(O)c1ccc2[nH]c(NC(=O)O)nc2c1. The highest BCUT2D eigenvalue weighted by Crippen LogP contribution is 2.43. The Morgan fingerprint density at radius 2 is 1.88 bits per heavy atom. The number of nitrogens with zero attached hydrogens (tertiary/aromatic N) is 2. The number of aryl methyl sites for hydroxylation is 1. The van der Waals surface area contributed by atoms with Gasteiger partial charge in [-0.2, -0.15) is 0 Å². The van der Waals surface area contributed by atoms with Crippen LogP contribution in [0.2, 0.25) is 0 Å². The Morgan fingerprint density at radius 3 is 2.66 bits per heavy atom. The first-order valence-corrected chi connectivity index (χ1v) is 10.1. The maximum Gasteiger partial charge on any atom is 0.411 e. The maximum absolute atomic E-state index is 13.4. The summed E-state index contributed by atoms with van der Waals surface area (Å²) in [5.41, 5.74) is 2.72. The van der Waals surface area contributed by atoms with Gasteiger partial charge in [-0.1, -0.05) is 48.5 Å². The minimum absolute atomic E-state index is 0.0799. The molecule has 1 aliphatic heterocycles. The summed E-state index contributed by atoms with van der Waals surface area (Å²) >= 11 is 0. The van der Waals surface area contributed by atoms with Crippen molar-refractivity contribution in [3.05, 3.63) is 94.5 Å². The minimum atomic E-state index is -1.70. The molecule has 0 aliphatic carbocycles. The van der Waals surface area contributed by atoms with Crippen molar-refractivity contribution in [2.75, 3.05) is 5.32 Å². The molecule has 3 aromatic carbocycles. The van der Waals surface area contributed by atoms with E-state index in [1.165, 1.54) is 4.90 Å². The predicted molar refractivity (Wildman–Crippen MR) is 118 cm³/mol. The summed E-state index contributed by atoms with van der Waals surface area (Å²) in [6.07, 6.45) is -1.23. The first-order chi connectivity index (χ1) is 15.4. The Balaban J connectivity index is 1.65. The lowest BCUT2D eigenvalue weighted by atomic mass is 9.93. The third-order valence-corrected chi connectivity index (χ3v) is 5.87. The zero-order chi connectivity index (χ0) is 22.5. The van der Waals surface area contributed by atoms with E-state index in [2.05, 4.69) is 15.3 Å². The van der Waals surface area contributed by atoms with Gasteiger partial charge in [-0.05, 0) is 36.2 Å². The highest BCUT2D eigenvalue weighted by Gasteiger charge is 2.49. The number of hydrogen-bond donors (Lipinski definition) is 4. The van der Waals surface area contributed by atoms with Crippen molar-refractivity contribution >= 4 is 29.0 Å². The van der Waals surface area contributed by atoms with Crippen molar-refractivity contribution in [1.82, 2.24) is 14.9 Å². The molecular weight excluding hydrogens is 408 g/mol. The van der Waals surface area contributed by atoms with Crippen LogP contribution in [-0.2, 0) is 12.3 Å². The normalized spacial score (nSPS) is 17.6. The Kier molecular flexibility index (Phi) is 4.45. The molecule has 1 aliphatic rings. The molecular formula is C24H20N4O4. The van der Waals surface area contributed by atoms with Crippen LogP contribution in [0, 0.1) is 6.92 Å². The van der Waals surface area contributed by atoms with E-state index in [-0.39, 0.29) is 18.4 Å². The number of H-pyrrole nitrogens is 1. The average molecular weight is 428 g/mol. The van der Waals surface area contributed by atoms with E-state index in [1.54, 1.807) is 42.5 Å². The van der Waals surface area contributed by atoms with Crippen molar-refractivity contribution in [3.63, 3.8) is 0 Å². The summed E-state index contributed by atoms with van der Waals surface area (Å²) in [4.78, 5) is 32.9. The van der Waals surface area contributed by atoms with E-state index in [0.717, 1.165) is 11.1 Å². The maximum atomic E-state index is 13.4. The van der Waals surface area contributed by atoms with Crippen LogP contribution < -0.4 is 5.32 Å². The average Bonchev–Trinajstić information content (AvgIpc) is 3.27. The number of carboxylic acid groups (broad SMARTS) is 1. The molecule has 0 spiro atoms. The standard InChI is InChI=1S/C24H20N4O4/c1-14-6-2-3-7-15(14)13-28-21(29)17-8-4-5-9-18(17)24(28,32)16-10-11-19-20(12-16)26-22(25-19)27-23(30)31/h2-12,32H,13H2,1H3,(H,30,31)(H2,25,26,27). The van der Waals surface area contributed by atoms with E-state index >= 15 is 0 Å². The van der Waals surface area contributed by atoms with E-state index in [4.69, 9.17) is 5.11 Å². The molecule has 1 aromatic heterocycles. The summed E-state index contributed by atoms with van der Waals surface area (Å²) in [6, 6.07) is 19.8. The second kappa shape index (κ2) is 7.21. The highest BCUT2D eigenvalue weighted by atomic mass is 16.4. The number of aliphatic hydroxyl groups is 1. The van der Waals surface area contributed by atoms with Crippen LogP contribution in [0.4, 0.5) is 10.7 Å². The van der Waals surface area contributed by atoms with Gasteiger partial charge in [-0.3, -0.25) is 15.0 Å². The molecule has 5 rings (SSSR count). The molecule has 2 heterocycles. The first kappa shape index (κ1) is 19.8. The molecule has 1 unspecified atom stereocenters. The van der Waals surface area contributed by atoms with Gasteiger partial charge in [0.15, 0.2) is 5.72 Å². The van der Waals surface area contributed by atoms with Gasteiger partial charge >= 0.3 is 6.09 Å². The van der Waals surface area contributed by atoms with Gasteiger partial charge < -0.3 is 15.2 Å². The lowest BCUT2D eigenvalue weighted by Gasteiger charge is -2.35. The third kappa shape index (κ3) is 3.00. The zero-order valence-corrected chi connectivity index (χ0v) is 17.2. The molecule has 160 valence electrons. The van der Waals surface area contributed by atoms with Crippen molar-refractivity contribution in [3.8, 4) is 0 Å². The largest absolute Gasteiger partial charge is 0.465 e. The number of fused-ring (bicyclic) bond motifs is 2. The predicted octanol–water partition coefficient (Wildman–Crippen LogP) is 3.81. The summed E-state index contributed by atoms with van der Waals surface area (Å²) in [5, 5.41) is 23.2. The summed E-state index contributed by atoms with van der Waals surface area (Å²) in [5.74, 6) is -0.182. The number of carbonyl (C=O) groups is 2. The summed E-state index contributed by atoms with van der Waals surface area (Å²) in [7, 11) is 0. The topological polar surface area (TPSA) is 119 Å². The molecule has 8 nitrogen and oxygen atoms in total. The number of nitrogens with one attached hydrogen (secondary N) is 2. The van der Waals surface area contributed by atoms with Gasteiger partial charge in [0, 0.05) is 23.2 Å². The Morgan fingerprint density at radius 1 is 1.12 bits per heavy atom. The third-order valence-electron chi connectivity index (χ3n) is 5.87. The fourth-order valence-electron chi connectivity index (χ4n) is 4.25. The van der Waals surface area contributed by atoms with Gasteiger partial charge in [0.2, 0.25) is 5.95 Å². The van der Waals surface area contributed by atoms with Crippen molar-refractivity contribution in [1.29, 1.82) is 0 Å². The molecule has 4 N–H and O–H groups in total. The van der Waals surface area contributed by atoms with Crippen LogP contribution in [-0.4, -0.2) is 37.1 Å². The smallest absolute Gasteiger partial charge is 0.411 e. The molecule has 0 fully saturated rings. The van der Waals surface area contributed by atoms with Gasteiger partial charge in [-0.25, -0.2) is 9.78 Å². The number of rotatable bonds is 4. The molecule has 1 atom stereocenters. The number of hydrogen-bond acceptors (Lipinski definition) is 4. The lowest BCUT2D eigenvalue weighted by Crippen LogP contribution is -2.44. The fourth-order valence-corrected chi connectivity index (χ4v) is 4.25. The highest BCUT2D eigenvalue weighted by molar-refractivity contribution is 6.00. The van der Waals surface area contributed by atoms with Gasteiger partial charge in [-0.15, -0.1) is 0 Å². The molecule has 0 saturated heterocycles. The number of carbonyl (C=O) groups excluding carboxylic acids is 1. The number of amides is 2. The summed E-state index contributed by atoms with van der Waals surface area (Å²) in [6.45, 7) is 2.19. The minimum Gasteiger partial charge on any atom is -0.465 e. The van der Waals surface area contributed by atoms with Crippen LogP contribution >= 0.6 is 0 Å². The van der Waals surface area contributed by atoms with Crippen LogP contribution in [0.1, 0.15) is 32.6 Å². The van der Waals surface area contributed by atoms with Crippen molar-refractivity contribution in [2.24, 2.45) is 0 Å². The quantitative estimate of drug-likeness (QED) is 0.394. The second-order valence-corrected chi connectivity index (χ2v) is 7.78. The molecule has 0 bridgehead atoms. The van der Waals surface area contributed by atoms with E-state index in [0.29, 0.717) is 27.7 Å². The van der Waals surface area contributed by atoms with Gasteiger partial charge in [0.25, 0.3) is 5.91 Å². The lowest BCUT2D eigenvalue weighted by molar-refractivity contribution is -0.0542. The number of imidazole rings is 1. The van der Waals surface area contributed by atoms with Crippen LogP contribution in [0.3, 0.4) is 0 Å². The van der Waals surface area contributed by atoms with Crippen LogP contribution in [0.5, 0.6) is 0 Å². The number of aromatic nitrogens is 2. The van der Waals surface area contributed by atoms with E-state index in [9.17, 15) is 14.7 Å². The molecule has 0 radical (unpaired) electrons. The number of aromatic amines is 1. The fraction of sp³-hybridized carbons (Fsp3) is 0.125. The number of anilines is 1. The molecule has 8 heteroatoms. The van der Waals surface area contributed by atoms with Crippen LogP contribution in [0.15, 0.2) is 66.7 Å². The molecule has 0 saturated carbocycles. The Bertz CT molecular complexity index is 1380. The van der Waals surface area contributed by atoms with Gasteiger partial charge in [0.05, 0.1) is 11.0 Å². The summed E-state index contributed by atoms with van der Waals surface area (Å²) < 4.78 is 0. The molecule has 2 amide bonds.